The Labute approximate surface area is 128 Å². The first-order valence-corrected chi connectivity index (χ1v) is 8.89. The number of nitrogens with zero attached hydrogens (tertiary/aromatic N) is 1. The van der Waals surface area contributed by atoms with E-state index in [4.69, 9.17) is 4.52 Å². The standard InChI is InChI=1S/C15H16N2O4S/c18-15(16-12-7-4-8-22(19,20)10-12)14-9-13(17-21-14)11-5-2-1-3-6-11/h1-3,5-6,9,12H,4,7-8,10H2,(H,16,18). The second kappa shape index (κ2) is 5.92. The van der Waals surface area contributed by atoms with Crippen LogP contribution in [0.15, 0.2) is 40.9 Å². The van der Waals surface area contributed by atoms with Crippen LogP contribution in [0.4, 0.5) is 0 Å². The largest absolute Gasteiger partial charge is 0.350 e. The molecule has 2 aromatic rings. The van der Waals surface area contributed by atoms with Crippen LogP contribution < -0.4 is 5.32 Å². The third kappa shape index (κ3) is 3.36. The summed E-state index contributed by atoms with van der Waals surface area (Å²) in [5, 5.41) is 6.58. The molecule has 0 radical (unpaired) electrons. The molecule has 1 aliphatic heterocycles. The van der Waals surface area contributed by atoms with Crippen LogP contribution in [0.2, 0.25) is 0 Å². The monoisotopic (exact) mass is 320 g/mol. The summed E-state index contributed by atoms with van der Waals surface area (Å²) in [7, 11) is -3.06. The van der Waals surface area contributed by atoms with Gasteiger partial charge in [-0.2, -0.15) is 0 Å². The smallest absolute Gasteiger partial charge is 0.290 e. The second-order valence-corrected chi connectivity index (χ2v) is 7.60. The molecule has 6 nitrogen and oxygen atoms in total. The lowest BCUT2D eigenvalue weighted by Gasteiger charge is -2.22. The Morgan fingerprint density at radius 1 is 1.27 bits per heavy atom. The number of amides is 1. The molecule has 1 aromatic carbocycles. The Bertz CT molecular complexity index is 768. The summed E-state index contributed by atoms with van der Waals surface area (Å²) in [4.78, 5) is 12.1. The number of sulfone groups is 1. The lowest BCUT2D eigenvalue weighted by Crippen LogP contribution is -2.43. The zero-order chi connectivity index (χ0) is 15.6. The Morgan fingerprint density at radius 2 is 2.05 bits per heavy atom. The summed E-state index contributed by atoms with van der Waals surface area (Å²) < 4.78 is 28.2. The molecule has 1 aromatic heterocycles. The van der Waals surface area contributed by atoms with Crippen LogP contribution in [0.5, 0.6) is 0 Å². The van der Waals surface area contributed by atoms with Crippen molar-refractivity contribution in [1.29, 1.82) is 0 Å². The minimum atomic E-state index is -3.06. The summed E-state index contributed by atoms with van der Waals surface area (Å²) in [6.45, 7) is 0. The van der Waals surface area contributed by atoms with Gasteiger partial charge in [0.15, 0.2) is 9.84 Å². The van der Waals surface area contributed by atoms with E-state index < -0.39 is 15.7 Å². The van der Waals surface area contributed by atoms with Crippen molar-refractivity contribution < 1.29 is 17.7 Å². The van der Waals surface area contributed by atoms with Crippen molar-refractivity contribution in [3.63, 3.8) is 0 Å². The van der Waals surface area contributed by atoms with Gasteiger partial charge in [-0.1, -0.05) is 35.5 Å². The summed E-state index contributed by atoms with van der Waals surface area (Å²) in [6.07, 6.45) is 1.23. The molecule has 0 aliphatic carbocycles. The second-order valence-electron chi connectivity index (χ2n) is 5.37. The van der Waals surface area contributed by atoms with Crippen LogP contribution in [-0.4, -0.2) is 37.0 Å². The number of benzene rings is 1. The Hall–Kier alpha value is -2.15. The highest BCUT2D eigenvalue weighted by molar-refractivity contribution is 7.91. The van der Waals surface area contributed by atoms with Crippen LogP contribution in [-0.2, 0) is 9.84 Å². The van der Waals surface area contributed by atoms with Gasteiger partial charge in [-0.15, -0.1) is 0 Å². The van der Waals surface area contributed by atoms with Gasteiger partial charge in [-0.05, 0) is 12.8 Å². The van der Waals surface area contributed by atoms with E-state index in [-0.39, 0.29) is 23.3 Å². The summed E-state index contributed by atoms with van der Waals surface area (Å²) in [6, 6.07) is 10.6. The average Bonchev–Trinajstić information content (AvgIpc) is 2.97. The van der Waals surface area contributed by atoms with E-state index in [1.807, 2.05) is 30.3 Å². The van der Waals surface area contributed by atoms with E-state index in [0.29, 0.717) is 18.5 Å². The van der Waals surface area contributed by atoms with Crippen molar-refractivity contribution in [3.8, 4) is 11.3 Å². The first kappa shape index (κ1) is 14.8. The summed E-state index contributed by atoms with van der Waals surface area (Å²) in [5.74, 6) is -0.170. The number of nitrogens with one attached hydrogen (secondary N) is 1. The molecule has 1 N–H and O–H groups in total. The van der Waals surface area contributed by atoms with Gasteiger partial charge < -0.3 is 9.84 Å². The molecular weight excluding hydrogens is 304 g/mol. The quantitative estimate of drug-likeness (QED) is 0.929. The molecule has 2 heterocycles. The number of aromatic nitrogens is 1. The molecule has 1 saturated heterocycles. The number of carbonyl (C=O) groups excluding carboxylic acids is 1. The lowest BCUT2D eigenvalue weighted by atomic mass is 10.1. The fraction of sp³-hybridized carbons (Fsp3) is 0.333. The zero-order valence-corrected chi connectivity index (χ0v) is 12.7. The molecule has 0 spiro atoms. The molecular formula is C15H16N2O4S. The molecule has 3 rings (SSSR count). The number of carbonyl (C=O) groups is 1. The summed E-state index contributed by atoms with van der Waals surface area (Å²) >= 11 is 0. The minimum absolute atomic E-state index is 0.0155. The molecule has 7 heteroatoms. The maximum atomic E-state index is 12.1. The number of hydrogen-bond acceptors (Lipinski definition) is 5. The molecule has 1 amide bonds. The maximum absolute atomic E-state index is 12.1. The predicted molar refractivity (Wildman–Crippen MR) is 81.1 cm³/mol. The van der Waals surface area contributed by atoms with E-state index in [1.54, 1.807) is 6.07 Å². The van der Waals surface area contributed by atoms with Crippen molar-refractivity contribution >= 4 is 15.7 Å². The van der Waals surface area contributed by atoms with Gasteiger partial charge >= 0.3 is 0 Å². The lowest BCUT2D eigenvalue weighted by molar-refractivity contribution is 0.0901. The van der Waals surface area contributed by atoms with Crippen molar-refractivity contribution in [2.24, 2.45) is 0 Å². The highest BCUT2D eigenvalue weighted by Gasteiger charge is 2.27. The van der Waals surface area contributed by atoms with E-state index in [2.05, 4.69) is 10.5 Å². The molecule has 0 saturated carbocycles. The Kier molecular flexibility index (Phi) is 3.98. The molecule has 116 valence electrons. The maximum Gasteiger partial charge on any atom is 0.290 e. The first-order chi connectivity index (χ1) is 10.5. The Balaban J connectivity index is 1.70. The van der Waals surface area contributed by atoms with Crippen molar-refractivity contribution in [3.05, 3.63) is 42.2 Å². The van der Waals surface area contributed by atoms with Crippen LogP contribution in [0.25, 0.3) is 11.3 Å². The van der Waals surface area contributed by atoms with E-state index in [1.165, 1.54) is 0 Å². The van der Waals surface area contributed by atoms with Crippen LogP contribution >= 0.6 is 0 Å². The van der Waals surface area contributed by atoms with Gasteiger partial charge in [0.1, 0.15) is 5.69 Å². The van der Waals surface area contributed by atoms with Gasteiger partial charge in [0.25, 0.3) is 5.91 Å². The first-order valence-electron chi connectivity index (χ1n) is 7.07. The molecule has 1 aliphatic rings. The molecule has 0 bridgehead atoms. The van der Waals surface area contributed by atoms with Gasteiger partial charge in [0.05, 0.1) is 11.5 Å². The minimum Gasteiger partial charge on any atom is -0.350 e. The summed E-state index contributed by atoms with van der Waals surface area (Å²) in [5.41, 5.74) is 1.42. The number of rotatable bonds is 3. The van der Waals surface area contributed by atoms with Crippen LogP contribution in [0, 0.1) is 0 Å². The number of hydrogen-bond donors (Lipinski definition) is 1. The topological polar surface area (TPSA) is 89.3 Å². The van der Waals surface area contributed by atoms with E-state index in [0.717, 1.165) is 5.56 Å². The highest BCUT2D eigenvalue weighted by atomic mass is 32.2. The van der Waals surface area contributed by atoms with E-state index in [9.17, 15) is 13.2 Å². The molecule has 1 atom stereocenters. The molecule has 1 fully saturated rings. The predicted octanol–water partition coefficient (Wildman–Crippen LogP) is 1.65. The Morgan fingerprint density at radius 3 is 2.77 bits per heavy atom. The SMILES string of the molecule is O=C(NC1CCCS(=O)(=O)C1)c1cc(-c2ccccc2)no1. The van der Waals surface area contributed by atoms with Crippen LogP contribution in [0.1, 0.15) is 23.4 Å². The van der Waals surface area contributed by atoms with Crippen LogP contribution in [0.3, 0.4) is 0 Å². The van der Waals surface area contributed by atoms with Crippen molar-refractivity contribution in [1.82, 2.24) is 10.5 Å². The van der Waals surface area contributed by atoms with Crippen molar-refractivity contribution in [2.75, 3.05) is 11.5 Å². The fourth-order valence-corrected chi connectivity index (χ4v) is 4.16. The molecule has 1 unspecified atom stereocenters. The molecule has 22 heavy (non-hydrogen) atoms. The zero-order valence-electron chi connectivity index (χ0n) is 11.9. The normalized spacial score (nSPS) is 20.5. The highest BCUT2D eigenvalue weighted by Crippen LogP contribution is 2.19. The van der Waals surface area contributed by atoms with Crippen molar-refractivity contribution in [2.45, 2.75) is 18.9 Å². The van der Waals surface area contributed by atoms with Gasteiger partial charge in [0.2, 0.25) is 5.76 Å². The third-order valence-electron chi connectivity index (χ3n) is 3.60. The van der Waals surface area contributed by atoms with E-state index >= 15 is 0 Å². The average molecular weight is 320 g/mol. The fourth-order valence-electron chi connectivity index (χ4n) is 2.52. The van der Waals surface area contributed by atoms with Gasteiger partial charge in [-0.3, -0.25) is 4.79 Å². The van der Waals surface area contributed by atoms with Gasteiger partial charge in [0, 0.05) is 17.7 Å². The van der Waals surface area contributed by atoms with Gasteiger partial charge in [-0.25, -0.2) is 8.42 Å². The third-order valence-corrected chi connectivity index (χ3v) is 5.42.